The number of carbonyl (C=O) groups excluding carboxylic acids is 2. The molecule has 0 saturated heterocycles. The SMILES string of the molecule is CCCCN(C)C(=O)c1cccc(C(=O)NCc2cccnc2)c1. The van der Waals surface area contributed by atoms with Crippen molar-refractivity contribution in [2.75, 3.05) is 13.6 Å². The molecule has 0 aliphatic carbocycles. The van der Waals surface area contributed by atoms with E-state index in [4.69, 9.17) is 0 Å². The quantitative estimate of drug-likeness (QED) is 0.851. The number of nitrogens with zero attached hydrogens (tertiary/aromatic N) is 2. The Morgan fingerprint density at radius 2 is 1.96 bits per heavy atom. The van der Waals surface area contributed by atoms with Crippen LogP contribution in [0.1, 0.15) is 46.0 Å². The summed E-state index contributed by atoms with van der Waals surface area (Å²) in [5.41, 5.74) is 1.94. The van der Waals surface area contributed by atoms with Crippen molar-refractivity contribution in [3.63, 3.8) is 0 Å². The standard InChI is InChI=1S/C19H23N3O2/c1-3-4-11-22(2)19(24)17-9-5-8-16(12-17)18(23)21-14-15-7-6-10-20-13-15/h5-10,12-13H,3-4,11,14H2,1-2H3,(H,21,23). The number of unbranched alkanes of at least 4 members (excludes halogenated alkanes) is 1. The highest BCUT2D eigenvalue weighted by atomic mass is 16.2. The van der Waals surface area contributed by atoms with Gasteiger partial charge in [0.05, 0.1) is 0 Å². The Bertz CT molecular complexity index is 686. The molecule has 2 aromatic rings. The molecule has 1 aromatic heterocycles. The summed E-state index contributed by atoms with van der Waals surface area (Å²) in [4.78, 5) is 30.4. The van der Waals surface area contributed by atoms with E-state index in [0.717, 1.165) is 18.4 Å². The summed E-state index contributed by atoms with van der Waals surface area (Å²) in [5.74, 6) is -0.268. The minimum Gasteiger partial charge on any atom is -0.348 e. The zero-order valence-electron chi connectivity index (χ0n) is 14.2. The van der Waals surface area contributed by atoms with Gasteiger partial charge in [-0.3, -0.25) is 14.6 Å². The first kappa shape index (κ1) is 17.7. The molecule has 24 heavy (non-hydrogen) atoms. The maximum absolute atomic E-state index is 12.4. The van der Waals surface area contributed by atoms with E-state index in [-0.39, 0.29) is 11.8 Å². The molecule has 5 heteroatoms. The van der Waals surface area contributed by atoms with Crippen molar-refractivity contribution in [1.29, 1.82) is 0 Å². The van der Waals surface area contributed by atoms with Gasteiger partial charge in [-0.25, -0.2) is 0 Å². The fourth-order valence-corrected chi connectivity index (χ4v) is 2.30. The van der Waals surface area contributed by atoms with E-state index in [2.05, 4.69) is 17.2 Å². The summed E-state index contributed by atoms with van der Waals surface area (Å²) in [7, 11) is 1.78. The molecule has 0 aliphatic rings. The second kappa shape index (κ2) is 8.82. The normalized spacial score (nSPS) is 10.2. The van der Waals surface area contributed by atoms with Crippen molar-refractivity contribution >= 4 is 11.8 Å². The smallest absolute Gasteiger partial charge is 0.253 e. The maximum atomic E-state index is 12.4. The first-order valence-electron chi connectivity index (χ1n) is 8.14. The summed E-state index contributed by atoms with van der Waals surface area (Å²) in [6.07, 6.45) is 5.40. The number of carbonyl (C=O) groups is 2. The van der Waals surface area contributed by atoms with Gasteiger partial charge in [0.25, 0.3) is 11.8 Å². The van der Waals surface area contributed by atoms with Crippen LogP contribution in [0.4, 0.5) is 0 Å². The molecule has 2 rings (SSSR count). The van der Waals surface area contributed by atoms with E-state index in [1.807, 2.05) is 12.1 Å². The monoisotopic (exact) mass is 325 g/mol. The van der Waals surface area contributed by atoms with Gasteiger partial charge in [0.2, 0.25) is 0 Å². The molecule has 0 atom stereocenters. The zero-order chi connectivity index (χ0) is 17.4. The van der Waals surface area contributed by atoms with Gasteiger partial charge >= 0.3 is 0 Å². The number of rotatable bonds is 7. The van der Waals surface area contributed by atoms with E-state index >= 15 is 0 Å². The average Bonchev–Trinajstić information content (AvgIpc) is 2.64. The largest absolute Gasteiger partial charge is 0.348 e. The third kappa shape index (κ3) is 4.91. The summed E-state index contributed by atoms with van der Waals surface area (Å²) in [6.45, 7) is 3.21. The van der Waals surface area contributed by atoms with Crippen LogP contribution in [-0.2, 0) is 6.54 Å². The third-order valence-electron chi connectivity index (χ3n) is 3.74. The average molecular weight is 325 g/mol. The number of hydrogen-bond donors (Lipinski definition) is 1. The lowest BCUT2D eigenvalue weighted by Crippen LogP contribution is -2.28. The van der Waals surface area contributed by atoms with Crippen LogP contribution >= 0.6 is 0 Å². The summed E-state index contributed by atoms with van der Waals surface area (Å²) < 4.78 is 0. The van der Waals surface area contributed by atoms with E-state index in [9.17, 15) is 9.59 Å². The molecule has 0 unspecified atom stereocenters. The fourth-order valence-electron chi connectivity index (χ4n) is 2.30. The van der Waals surface area contributed by atoms with E-state index in [1.165, 1.54) is 0 Å². The van der Waals surface area contributed by atoms with Crippen molar-refractivity contribution in [1.82, 2.24) is 15.2 Å². The van der Waals surface area contributed by atoms with E-state index in [1.54, 1.807) is 48.6 Å². The van der Waals surface area contributed by atoms with Gasteiger partial charge in [0.15, 0.2) is 0 Å². The lowest BCUT2D eigenvalue weighted by Gasteiger charge is -2.17. The first-order valence-corrected chi connectivity index (χ1v) is 8.14. The van der Waals surface area contributed by atoms with Gasteiger partial charge in [-0.1, -0.05) is 25.5 Å². The van der Waals surface area contributed by atoms with E-state index in [0.29, 0.717) is 24.2 Å². The third-order valence-corrected chi connectivity index (χ3v) is 3.74. The Labute approximate surface area is 142 Å². The Balaban J connectivity index is 2.01. The van der Waals surface area contributed by atoms with Crippen LogP contribution in [-0.4, -0.2) is 35.3 Å². The molecular formula is C19H23N3O2. The number of aromatic nitrogens is 1. The summed E-state index contributed by atoms with van der Waals surface area (Å²) >= 11 is 0. The van der Waals surface area contributed by atoms with Crippen LogP contribution in [0.25, 0.3) is 0 Å². The molecular weight excluding hydrogens is 302 g/mol. The molecule has 0 spiro atoms. The molecule has 0 bridgehead atoms. The first-order chi connectivity index (χ1) is 11.6. The number of pyridine rings is 1. The van der Waals surface area contributed by atoms with Crippen molar-refractivity contribution in [3.8, 4) is 0 Å². The molecule has 0 fully saturated rings. The highest BCUT2D eigenvalue weighted by Crippen LogP contribution is 2.09. The van der Waals surface area contributed by atoms with Crippen LogP contribution in [0, 0.1) is 0 Å². The van der Waals surface area contributed by atoms with E-state index < -0.39 is 0 Å². The van der Waals surface area contributed by atoms with Crippen molar-refractivity contribution in [2.45, 2.75) is 26.3 Å². The predicted molar refractivity (Wildman–Crippen MR) is 93.7 cm³/mol. The highest BCUT2D eigenvalue weighted by molar-refractivity contribution is 5.99. The lowest BCUT2D eigenvalue weighted by molar-refractivity contribution is 0.0793. The van der Waals surface area contributed by atoms with Gasteiger partial charge in [0, 0.05) is 43.7 Å². The molecule has 1 heterocycles. The van der Waals surface area contributed by atoms with Crippen LogP contribution < -0.4 is 5.32 Å². The predicted octanol–water partition coefficient (Wildman–Crippen LogP) is 2.88. The molecule has 0 radical (unpaired) electrons. The number of benzene rings is 1. The number of amides is 2. The highest BCUT2D eigenvalue weighted by Gasteiger charge is 2.13. The zero-order valence-corrected chi connectivity index (χ0v) is 14.2. The lowest BCUT2D eigenvalue weighted by atomic mass is 10.1. The molecule has 0 saturated carbocycles. The topological polar surface area (TPSA) is 62.3 Å². The second-order valence-corrected chi connectivity index (χ2v) is 5.71. The summed E-state index contributed by atoms with van der Waals surface area (Å²) in [6, 6.07) is 10.6. The molecule has 126 valence electrons. The Morgan fingerprint density at radius 1 is 1.17 bits per heavy atom. The second-order valence-electron chi connectivity index (χ2n) is 5.71. The van der Waals surface area contributed by atoms with Gasteiger partial charge in [-0.2, -0.15) is 0 Å². The molecule has 1 N–H and O–H groups in total. The van der Waals surface area contributed by atoms with Crippen LogP contribution in [0.15, 0.2) is 48.8 Å². The Kier molecular flexibility index (Phi) is 6.49. The van der Waals surface area contributed by atoms with Crippen LogP contribution in [0.3, 0.4) is 0 Å². The number of nitrogens with one attached hydrogen (secondary N) is 1. The van der Waals surface area contributed by atoms with Gasteiger partial charge in [-0.15, -0.1) is 0 Å². The number of hydrogen-bond acceptors (Lipinski definition) is 3. The molecule has 5 nitrogen and oxygen atoms in total. The van der Waals surface area contributed by atoms with Crippen molar-refractivity contribution in [3.05, 3.63) is 65.5 Å². The minimum atomic E-state index is -0.204. The fraction of sp³-hybridized carbons (Fsp3) is 0.316. The minimum absolute atomic E-state index is 0.0645. The molecule has 0 aliphatic heterocycles. The molecule has 1 aromatic carbocycles. The molecule has 2 amide bonds. The summed E-state index contributed by atoms with van der Waals surface area (Å²) in [5, 5.41) is 2.84. The van der Waals surface area contributed by atoms with Crippen LogP contribution in [0.2, 0.25) is 0 Å². The Hall–Kier alpha value is -2.69. The van der Waals surface area contributed by atoms with Gasteiger partial charge < -0.3 is 10.2 Å². The maximum Gasteiger partial charge on any atom is 0.253 e. The van der Waals surface area contributed by atoms with Gasteiger partial charge in [0.1, 0.15) is 0 Å². The van der Waals surface area contributed by atoms with Crippen LogP contribution in [0.5, 0.6) is 0 Å². The van der Waals surface area contributed by atoms with Crippen molar-refractivity contribution in [2.24, 2.45) is 0 Å². The van der Waals surface area contributed by atoms with Gasteiger partial charge in [-0.05, 0) is 36.2 Å². The Morgan fingerprint density at radius 3 is 2.67 bits per heavy atom. The van der Waals surface area contributed by atoms with Crippen molar-refractivity contribution < 1.29 is 9.59 Å².